The second kappa shape index (κ2) is 5.80. The maximum absolute atomic E-state index is 13.1. The molecule has 88 valence electrons. The minimum Gasteiger partial charge on any atom is -0.326 e. The van der Waals surface area contributed by atoms with Crippen LogP contribution < -0.4 is 5.73 Å². The highest BCUT2D eigenvalue weighted by atomic mass is 32.2. The molecule has 2 nitrogen and oxygen atoms in total. The van der Waals surface area contributed by atoms with Crippen molar-refractivity contribution >= 4 is 11.8 Å². The lowest BCUT2D eigenvalue weighted by atomic mass is 10.1. The molecule has 0 aliphatic heterocycles. The van der Waals surface area contributed by atoms with Crippen LogP contribution in [0.1, 0.15) is 11.1 Å². The molecule has 0 atom stereocenters. The second-order valence-electron chi connectivity index (χ2n) is 3.59. The van der Waals surface area contributed by atoms with E-state index in [9.17, 15) is 4.39 Å². The average Bonchev–Trinajstić information content (AvgIpc) is 2.38. The summed E-state index contributed by atoms with van der Waals surface area (Å²) in [5.74, 6) is 0.501. The highest BCUT2D eigenvalue weighted by molar-refractivity contribution is 7.98. The number of nitrogens with zero attached hydrogens (tertiary/aromatic N) is 1. The maximum Gasteiger partial charge on any atom is 0.123 e. The van der Waals surface area contributed by atoms with Crippen LogP contribution in [0.3, 0.4) is 0 Å². The first-order valence-corrected chi connectivity index (χ1v) is 6.28. The van der Waals surface area contributed by atoms with Gasteiger partial charge in [-0.3, -0.25) is 4.98 Å². The Balaban J connectivity index is 2.11. The van der Waals surface area contributed by atoms with Crippen LogP contribution in [0.5, 0.6) is 0 Å². The van der Waals surface area contributed by atoms with Gasteiger partial charge in [-0.05, 0) is 35.4 Å². The van der Waals surface area contributed by atoms with Crippen molar-refractivity contribution in [2.75, 3.05) is 0 Å². The van der Waals surface area contributed by atoms with E-state index in [0.29, 0.717) is 12.3 Å². The van der Waals surface area contributed by atoms with E-state index < -0.39 is 0 Å². The number of thioether (sulfide) groups is 1. The lowest BCUT2D eigenvalue weighted by Gasteiger charge is -2.07. The average molecular weight is 248 g/mol. The zero-order chi connectivity index (χ0) is 12.1. The van der Waals surface area contributed by atoms with Gasteiger partial charge in [0, 0.05) is 29.6 Å². The number of benzene rings is 1. The Morgan fingerprint density at radius 3 is 2.59 bits per heavy atom. The molecule has 2 aromatic rings. The van der Waals surface area contributed by atoms with Crippen molar-refractivity contribution < 1.29 is 4.39 Å². The first kappa shape index (κ1) is 12.1. The quantitative estimate of drug-likeness (QED) is 0.845. The molecule has 4 heteroatoms. The topological polar surface area (TPSA) is 38.9 Å². The molecule has 1 aromatic heterocycles. The largest absolute Gasteiger partial charge is 0.326 e. The standard InChI is InChI=1S/C13H13FN2S/c14-12-2-1-10(8-15)11(7-12)9-17-13-3-5-16-6-4-13/h1-7H,8-9,15H2. The van der Waals surface area contributed by atoms with Gasteiger partial charge in [0.2, 0.25) is 0 Å². The van der Waals surface area contributed by atoms with Gasteiger partial charge in [0.05, 0.1) is 0 Å². The van der Waals surface area contributed by atoms with Crippen molar-refractivity contribution in [1.82, 2.24) is 4.98 Å². The number of halogens is 1. The van der Waals surface area contributed by atoms with E-state index in [0.717, 1.165) is 16.0 Å². The first-order chi connectivity index (χ1) is 8.29. The molecule has 0 amide bonds. The van der Waals surface area contributed by atoms with Gasteiger partial charge < -0.3 is 5.73 Å². The Morgan fingerprint density at radius 2 is 1.88 bits per heavy atom. The molecule has 1 heterocycles. The number of pyridine rings is 1. The highest BCUT2D eigenvalue weighted by Gasteiger charge is 2.03. The smallest absolute Gasteiger partial charge is 0.123 e. The third-order valence-electron chi connectivity index (χ3n) is 2.43. The number of hydrogen-bond acceptors (Lipinski definition) is 3. The summed E-state index contributed by atoms with van der Waals surface area (Å²) >= 11 is 1.65. The number of aromatic nitrogens is 1. The Morgan fingerprint density at radius 1 is 1.12 bits per heavy atom. The Labute approximate surface area is 104 Å². The van der Waals surface area contributed by atoms with Crippen molar-refractivity contribution in [2.24, 2.45) is 5.73 Å². The predicted octanol–water partition coefficient (Wildman–Crippen LogP) is 2.97. The van der Waals surface area contributed by atoms with Crippen LogP contribution in [0.15, 0.2) is 47.6 Å². The fraction of sp³-hybridized carbons (Fsp3) is 0.154. The van der Waals surface area contributed by atoms with Crippen molar-refractivity contribution in [3.8, 4) is 0 Å². The lowest BCUT2D eigenvalue weighted by Crippen LogP contribution is -2.01. The summed E-state index contributed by atoms with van der Waals surface area (Å²) in [5, 5.41) is 0. The highest BCUT2D eigenvalue weighted by Crippen LogP contribution is 2.24. The van der Waals surface area contributed by atoms with Crippen LogP contribution in [-0.4, -0.2) is 4.98 Å². The third-order valence-corrected chi connectivity index (χ3v) is 3.49. The van der Waals surface area contributed by atoms with Crippen molar-refractivity contribution in [2.45, 2.75) is 17.2 Å². The Hall–Kier alpha value is -1.39. The van der Waals surface area contributed by atoms with Crippen molar-refractivity contribution in [3.05, 3.63) is 59.7 Å². The minimum atomic E-state index is -0.215. The molecule has 2 N–H and O–H groups in total. The van der Waals surface area contributed by atoms with E-state index in [1.54, 1.807) is 36.3 Å². The molecule has 0 saturated carbocycles. The monoisotopic (exact) mass is 248 g/mol. The minimum absolute atomic E-state index is 0.215. The van der Waals surface area contributed by atoms with Gasteiger partial charge in [-0.1, -0.05) is 6.07 Å². The summed E-state index contributed by atoms with van der Waals surface area (Å²) in [6.45, 7) is 0.437. The van der Waals surface area contributed by atoms with Gasteiger partial charge in [0.25, 0.3) is 0 Å². The second-order valence-corrected chi connectivity index (χ2v) is 4.64. The molecular weight excluding hydrogens is 235 g/mol. The summed E-state index contributed by atoms with van der Waals surface area (Å²) in [6, 6.07) is 8.62. The molecule has 17 heavy (non-hydrogen) atoms. The van der Waals surface area contributed by atoms with Gasteiger partial charge in [-0.2, -0.15) is 0 Å². The zero-order valence-corrected chi connectivity index (χ0v) is 10.1. The Kier molecular flexibility index (Phi) is 4.12. The number of rotatable bonds is 4. The van der Waals surface area contributed by atoms with Gasteiger partial charge >= 0.3 is 0 Å². The van der Waals surface area contributed by atoms with E-state index >= 15 is 0 Å². The summed E-state index contributed by atoms with van der Waals surface area (Å²) in [5.41, 5.74) is 7.57. The van der Waals surface area contributed by atoms with E-state index in [1.165, 1.54) is 6.07 Å². The molecule has 0 aliphatic rings. The molecule has 0 bridgehead atoms. The fourth-order valence-corrected chi connectivity index (χ4v) is 2.43. The summed E-state index contributed by atoms with van der Waals surface area (Å²) in [7, 11) is 0. The molecule has 0 fully saturated rings. The van der Waals surface area contributed by atoms with Gasteiger partial charge in [-0.25, -0.2) is 4.39 Å². The first-order valence-electron chi connectivity index (χ1n) is 5.30. The third kappa shape index (κ3) is 3.28. The van der Waals surface area contributed by atoms with Gasteiger partial charge in [0.15, 0.2) is 0 Å². The van der Waals surface area contributed by atoms with Crippen molar-refractivity contribution in [1.29, 1.82) is 0 Å². The maximum atomic E-state index is 13.1. The zero-order valence-electron chi connectivity index (χ0n) is 9.27. The van der Waals surface area contributed by atoms with E-state index in [-0.39, 0.29) is 5.82 Å². The van der Waals surface area contributed by atoms with E-state index in [1.807, 2.05) is 12.1 Å². The molecule has 0 saturated heterocycles. The number of nitrogens with two attached hydrogens (primary N) is 1. The summed E-state index contributed by atoms with van der Waals surface area (Å²) < 4.78 is 13.1. The van der Waals surface area contributed by atoms with Crippen molar-refractivity contribution in [3.63, 3.8) is 0 Å². The lowest BCUT2D eigenvalue weighted by molar-refractivity contribution is 0.625. The van der Waals surface area contributed by atoms with Crippen LogP contribution >= 0.6 is 11.8 Å². The molecule has 0 radical (unpaired) electrons. The molecule has 0 aliphatic carbocycles. The van der Waals surface area contributed by atoms with E-state index in [4.69, 9.17) is 5.73 Å². The van der Waals surface area contributed by atoms with Gasteiger partial charge in [0.1, 0.15) is 5.82 Å². The van der Waals surface area contributed by atoms with Crippen LogP contribution in [0, 0.1) is 5.82 Å². The van der Waals surface area contributed by atoms with Crippen LogP contribution in [0.25, 0.3) is 0 Å². The predicted molar refractivity (Wildman–Crippen MR) is 68.1 cm³/mol. The molecule has 0 unspecified atom stereocenters. The normalized spacial score (nSPS) is 10.5. The molecule has 1 aromatic carbocycles. The molecular formula is C13H13FN2S. The fourth-order valence-electron chi connectivity index (χ4n) is 1.52. The number of hydrogen-bond donors (Lipinski definition) is 1. The van der Waals surface area contributed by atoms with Crippen LogP contribution in [0.4, 0.5) is 4.39 Å². The van der Waals surface area contributed by atoms with Crippen LogP contribution in [-0.2, 0) is 12.3 Å². The Bertz CT molecular complexity index is 488. The molecule has 0 spiro atoms. The van der Waals surface area contributed by atoms with Gasteiger partial charge in [-0.15, -0.1) is 11.8 Å². The van der Waals surface area contributed by atoms with E-state index in [2.05, 4.69) is 4.98 Å². The summed E-state index contributed by atoms with van der Waals surface area (Å²) in [4.78, 5) is 5.07. The molecule has 2 rings (SSSR count). The van der Waals surface area contributed by atoms with Crippen LogP contribution in [0.2, 0.25) is 0 Å². The summed E-state index contributed by atoms with van der Waals surface area (Å²) in [6.07, 6.45) is 3.50. The SMILES string of the molecule is NCc1ccc(F)cc1CSc1ccncc1.